The van der Waals surface area contributed by atoms with Crippen LogP contribution in [0.1, 0.15) is 57.8 Å². The number of carbonyl (C=O) groups excluding carboxylic acids is 1. The van der Waals surface area contributed by atoms with Crippen LogP contribution in [0.25, 0.3) is 0 Å². The lowest BCUT2D eigenvalue weighted by Crippen LogP contribution is -2.55. The molecule has 0 aromatic carbocycles. The van der Waals surface area contributed by atoms with Crippen molar-refractivity contribution in [2.24, 2.45) is 23.7 Å². The molecule has 4 aliphatic rings. The van der Waals surface area contributed by atoms with Gasteiger partial charge in [0.25, 0.3) is 0 Å². The van der Waals surface area contributed by atoms with Gasteiger partial charge in [-0.05, 0) is 68.6 Å². The molecule has 0 unspecified atom stereocenters. The fraction of sp³-hybridized carbons (Fsp3) is 0.875. The Kier molecular flexibility index (Phi) is 3.99. The molecule has 4 fully saturated rings. The Balaban J connectivity index is 1.44. The first kappa shape index (κ1) is 13.9. The maximum atomic E-state index is 12.0. The SMILES string of the molecule is O=C(O)CCCCC(=O)NC1C2CC3CC(C2)CC1C3. The second kappa shape index (κ2) is 5.74. The van der Waals surface area contributed by atoms with Gasteiger partial charge in [0.2, 0.25) is 5.91 Å². The van der Waals surface area contributed by atoms with Crippen LogP contribution in [0.2, 0.25) is 0 Å². The Hall–Kier alpha value is -1.06. The minimum atomic E-state index is -0.772. The summed E-state index contributed by atoms with van der Waals surface area (Å²) in [5.74, 6) is 2.66. The van der Waals surface area contributed by atoms with Crippen molar-refractivity contribution in [2.75, 3.05) is 0 Å². The molecule has 4 bridgehead atoms. The quantitative estimate of drug-likeness (QED) is 0.734. The van der Waals surface area contributed by atoms with E-state index in [4.69, 9.17) is 5.11 Å². The summed E-state index contributed by atoms with van der Waals surface area (Å²) in [6.45, 7) is 0. The van der Waals surface area contributed by atoms with E-state index < -0.39 is 5.97 Å². The summed E-state index contributed by atoms with van der Waals surface area (Å²) in [7, 11) is 0. The van der Waals surface area contributed by atoms with Gasteiger partial charge in [-0.15, -0.1) is 0 Å². The molecular weight excluding hydrogens is 254 g/mol. The average Bonchev–Trinajstić information content (AvgIpc) is 2.38. The number of aliphatic carboxylic acids is 1. The first-order valence-electron chi connectivity index (χ1n) is 8.13. The van der Waals surface area contributed by atoms with Crippen LogP contribution in [-0.4, -0.2) is 23.0 Å². The molecule has 4 saturated carbocycles. The monoisotopic (exact) mass is 279 g/mol. The lowest BCUT2D eigenvalue weighted by Gasteiger charge is -2.54. The molecule has 0 heterocycles. The predicted octanol–water partition coefficient (Wildman–Crippen LogP) is 2.57. The summed E-state index contributed by atoms with van der Waals surface area (Å²) >= 11 is 0. The normalized spacial score (nSPS) is 37.9. The standard InChI is InChI=1S/C16H25NO3/c18-14(3-1-2-4-15(19)20)17-16-12-6-10-5-11(8-12)9-13(16)7-10/h10-13,16H,1-9H2,(H,17,18)(H,19,20). The first-order valence-corrected chi connectivity index (χ1v) is 8.13. The van der Waals surface area contributed by atoms with Crippen molar-refractivity contribution in [3.8, 4) is 0 Å². The number of hydrogen-bond donors (Lipinski definition) is 2. The van der Waals surface area contributed by atoms with Crippen LogP contribution in [0.3, 0.4) is 0 Å². The summed E-state index contributed by atoms with van der Waals surface area (Å²) in [6.07, 6.45) is 8.64. The smallest absolute Gasteiger partial charge is 0.303 e. The molecule has 0 aliphatic heterocycles. The maximum Gasteiger partial charge on any atom is 0.303 e. The third kappa shape index (κ3) is 2.99. The molecule has 0 aromatic heterocycles. The van der Waals surface area contributed by atoms with Crippen LogP contribution in [0.15, 0.2) is 0 Å². The molecule has 112 valence electrons. The number of unbranched alkanes of at least 4 members (excludes halogenated alkanes) is 1. The van der Waals surface area contributed by atoms with Gasteiger partial charge in [-0.2, -0.15) is 0 Å². The van der Waals surface area contributed by atoms with Crippen molar-refractivity contribution in [3.05, 3.63) is 0 Å². The summed E-state index contributed by atoms with van der Waals surface area (Å²) in [4.78, 5) is 22.4. The van der Waals surface area contributed by atoms with Crippen LogP contribution in [0.5, 0.6) is 0 Å². The highest BCUT2D eigenvalue weighted by molar-refractivity contribution is 5.76. The van der Waals surface area contributed by atoms with E-state index in [0.717, 1.165) is 11.8 Å². The first-order chi connectivity index (χ1) is 9.61. The largest absolute Gasteiger partial charge is 0.481 e. The van der Waals surface area contributed by atoms with Crippen molar-refractivity contribution < 1.29 is 14.7 Å². The maximum absolute atomic E-state index is 12.0. The Morgan fingerprint density at radius 1 is 0.900 bits per heavy atom. The van der Waals surface area contributed by atoms with Crippen molar-refractivity contribution in [3.63, 3.8) is 0 Å². The van der Waals surface area contributed by atoms with Crippen LogP contribution < -0.4 is 5.32 Å². The Labute approximate surface area is 120 Å². The van der Waals surface area contributed by atoms with E-state index in [-0.39, 0.29) is 12.3 Å². The van der Waals surface area contributed by atoms with Crippen LogP contribution in [0.4, 0.5) is 0 Å². The highest BCUT2D eigenvalue weighted by Crippen LogP contribution is 2.53. The fourth-order valence-corrected chi connectivity index (χ4v) is 4.98. The molecule has 0 atom stereocenters. The number of rotatable bonds is 6. The van der Waals surface area contributed by atoms with Crippen molar-refractivity contribution >= 4 is 11.9 Å². The number of carboxylic acid groups (broad SMARTS) is 1. The van der Waals surface area contributed by atoms with Crippen LogP contribution in [-0.2, 0) is 9.59 Å². The van der Waals surface area contributed by atoms with E-state index in [1.54, 1.807) is 0 Å². The van der Waals surface area contributed by atoms with Crippen LogP contribution >= 0.6 is 0 Å². The highest BCUT2D eigenvalue weighted by atomic mass is 16.4. The second-order valence-electron chi connectivity index (χ2n) is 7.12. The van der Waals surface area contributed by atoms with Gasteiger partial charge in [-0.1, -0.05) is 0 Å². The zero-order chi connectivity index (χ0) is 14.1. The van der Waals surface area contributed by atoms with E-state index in [1.807, 2.05) is 0 Å². The molecule has 2 N–H and O–H groups in total. The summed E-state index contributed by atoms with van der Waals surface area (Å²) in [5, 5.41) is 11.8. The number of nitrogens with one attached hydrogen (secondary N) is 1. The molecule has 20 heavy (non-hydrogen) atoms. The number of amides is 1. The van der Waals surface area contributed by atoms with E-state index in [0.29, 0.717) is 37.1 Å². The number of hydrogen-bond acceptors (Lipinski definition) is 2. The zero-order valence-corrected chi connectivity index (χ0v) is 12.0. The third-order valence-corrected chi connectivity index (χ3v) is 5.60. The summed E-state index contributed by atoms with van der Waals surface area (Å²) in [6, 6.07) is 0.412. The van der Waals surface area contributed by atoms with E-state index in [2.05, 4.69) is 5.32 Å². The molecule has 1 amide bonds. The second-order valence-corrected chi connectivity index (χ2v) is 7.12. The third-order valence-electron chi connectivity index (χ3n) is 5.60. The van der Waals surface area contributed by atoms with Gasteiger partial charge in [-0.25, -0.2) is 0 Å². The van der Waals surface area contributed by atoms with Crippen molar-refractivity contribution in [2.45, 2.75) is 63.8 Å². The fourth-order valence-electron chi connectivity index (χ4n) is 4.98. The molecule has 4 aliphatic carbocycles. The lowest BCUT2D eigenvalue weighted by molar-refractivity contribution is -0.137. The number of carbonyl (C=O) groups is 2. The average molecular weight is 279 g/mol. The molecule has 0 aromatic rings. The summed E-state index contributed by atoms with van der Waals surface area (Å²) < 4.78 is 0. The zero-order valence-electron chi connectivity index (χ0n) is 12.0. The molecule has 0 saturated heterocycles. The van der Waals surface area contributed by atoms with Crippen LogP contribution in [0, 0.1) is 23.7 Å². The van der Waals surface area contributed by atoms with E-state index in [9.17, 15) is 9.59 Å². The lowest BCUT2D eigenvalue weighted by atomic mass is 9.54. The van der Waals surface area contributed by atoms with Gasteiger partial charge in [-0.3, -0.25) is 9.59 Å². The van der Waals surface area contributed by atoms with E-state index in [1.165, 1.54) is 32.1 Å². The highest BCUT2D eigenvalue weighted by Gasteiger charge is 2.48. The minimum Gasteiger partial charge on any atom is -0.481 e. The summed E-state index contributed by atoms with van der Waals surface area (Å²) in [5.41, 5.74) is 0. The van der Waals surface area contributed by atoms with Gasteiger partial charge in [0.15, 0.2) is 0 Å². The van der Waals surface area contributed by atoms with Gasteiger partial charge in [0.1, 0.15) is 0 Å². The minimum absolute atomic E-state index is 0.132. The molecular formula is C16H25NO3. The Bertz CT molecular complexity index is 365. The molecule has 4 rings (SSSR count). The van der Waals surface area contributed by atoms with Gasteiger partial charge >= 0.3 is 5.97 Å². The predicted molar refractivity (Wildman–Crippen MR) is 75.1 cm³/mol. The Morgan fingerprint density at radius 2 is 1.45 bits per heavy atom. The molecule has 0 spiro atoms. The molecule has 4 heteroatoms. The Morgan fingerprint density at radius 3 is 2.00 bits per heavy atom. The topological polar surface area (TPSA) is 66.4 Å². The van der Waals surface area contributed by atoms with Crippen molar-refractivity contribution in [1.29, 1.82) is 0 Å². The van der Waals surface area contributed by atoms with Gasteiger partial charge in [0.05, 0.1) is 0 Å². The number of carboxylic acids is 1. The van der Waals surface area contributed by atoms with Gasteiger partial charge in [0, 0.05) is 18.9 Å². The van der Waals surface area contributed by atoms with E-state index >= 15 is 0 Å². The van der Waals surface area contributed by atoms with Crippen molar-refractivity contribution in [1.82, 2.24) is 5.32 Å². The van der Waals surface area contributed by atoms with Gasteiger partial charge < -0.3 is 10.4 Å². The molecule has 4 nitrogen and oxygen atoms in total. The molecule has 0 radical (unpaired) electrons.